The van der Waals surface area contributed by atoms with Crippen LogP contribution in [0.1, 0.15) is 31.7 Å². The fourth-order valence-corrected chi connectivity index (χ4v) is 4.32. The molecule has 2 aromatic carbocycles. The Hall–Kier alpha value is -1.82. The molecule has 2 N–H and O–H groups in total. The first-order chi connectivity index (χ1) is 13.1. The summed E-state index contributed by atoms with van der Waals surface area (Å²) in [5.74, 6) is 1.66. The van der Waals surface area contributed by atoms with Gasteiger partial charge in [-0.3, -0.25) is 4.90 Å². The van der Waals surface area contributed by atoms with Crippen LogP contribution in [0.4, 0.5) is 0 Å². The second-order valence-electron chi connectivity index (χ2n) is 7.60. The molecule has 0 radical (unpaired) electrons. The number of aliphatic hydroxyl groups excluding tert-OH is 2. The molecule has 0 unspecified atom stereocenters. The molecule has 0 spiro atoms. The van der Waals surface area contributed by atoms with Crippen LogP contribution in [-0.2, 0) is 6.54 Å². The van der Waals surface area contributed by atoms with Crippen LogP contribution in [0.25, 0.3) is 10.8 Å². The predicted octanol–water partition coefficient (Wildman–Crippen LogP) is 3.20. The Morgan fingerprint density at radius 2 is 1.96 bits per heavy atom. The maximum atomic E-state index is 10.8. The van der Waals surface area contributed by atoms with Crippen LogP contribution in [-0.4, -0.2) is 55.1 Å². The highest BCUT2D eigenvalue weighted by Gasteiger charge is 2.41. The molecule has 0 saturated carbocycles. The number of likely N-dealkylation sites (tertiary alicyclic amines) is 1. The smallest absolute Gasteiger partial charge is 0.124 e. The molecule has 148 valence electrons. The third-order valence-corrected chi connectivity index (χ3v) is 6.03. The average Bonchev–Trinajstić information content (AvgIpc) is 2.70. The van der Waals surface area contributed by atoms with Gasteiger partial charge in [-0.05, 0) is 48.4 Å². The summed E-state index contributed by atoms with van der Waals surface area (Å²) < 4.78 is 11.0. The highest BCUT2D eigenvalue weighted by Crippen LogP contribution is 2.38. The topological polar surface area (TPSA) is 62.2 Å². The van der Waals surface area contributed by atoms with Crippen molar-refractivity contribution < 1.29 is 19.7 Å². The molecule has 1 heterocycles. The molecule has 1 aliphatic rings. The molecule has 1 aliphatic heterocycles. The summed E-state index contributed by atoms with van der Waals surface area (Å²) in [5.41, 5.74) is 0.741. The first-order valence-corrected chi connectivity index (χ1v) is 9.71. The van der Waals surface area contributed by atoms with E-state index < -0.39 is 6.10 Å². The number of piperidine rings is 1. The van der Waals surface area contributed by atoms with E-state index in [1.165, 1.54) is 0 Å². The molecule has 0 aliphatic carbocycles. The minimum atomic E-state index is -0.522. The Balaban J connectivity index is 1.88. The number of hydrogen-bond donors (Lipinski definition) is 2. The van der Waals surface area contributed by atoms with Crippen LogP contribution in [0.5, 0.6) is 11.5 Å². The maximum Gasteiger partial charge on any atom is 0.124 e. The van der Waals surface area contributed by atoms with E-state index in [4.69, 9.17) is 9.47 Å². The number of methoxy groups -OCH3 is 2. The molecule has 2 aromatic rings. The molecular weight excluding hydrogens is 342 g/mol. The highest BCUT2D eigenvalue weighted by molar-refractivity contribution is 5.89. The van der Waals surface area contributed by atoms with Crippen molar-refractivity contribution in [2.24, 2.45) is 5.41 Å². The molecular formula is C22H31NO4. The number of fused-ring (bicyclic) bond motifs is 1. The summed E-state index contributed by atoms with van der Waals surface area (Å²) in [5, 5.41) is 22.9. The van der Waals surface area contributed by atoms with Crippen LogP contribution < -0.4 is 9.47 Å². The Bertz CT molecular complexity index is 773. The Kier molecular flexibility index (Phi) is 6.25. The van der Waals surface area contributed by atoms with Crippen molar-refractivity contribution >= 4 is 10.8 Å². The van der Waals surface area contributed by atoms with Gasteiger partial charge in [0.2, 0.25) is 0 Å². The second kappa shape index (κ2) is 8.46. The third-order valence-electron chi connectivity index (χ3n) is 6.03. The van der Waals surface area contributed by atoms with Crippen molar-refractivity contribution in [2.45, 2.75) is 38.8 Å². The van der Waals surface area contributed by atoms with Crippen molar-refractivity contribution in [3.8, 4) is 11.5 Å². The van der Waals surface area contributed by atoms with Gasteiger partial charge in [0.15, 0.2) is 0 Å². The van der Waals surface area contributed by atoms with Gasteiger partial charge in [-0.15, -0.1) is 0 Å². The lowest BCUT2D eigenvalue weighted by Gasteiger charge is -2.44. The van der Waals surface area contributed by atoms with Crippen molar-refractivity contribution in [3.05, 3.63) is 35.9 Å². The van der Waals surface area contributed by atoms with E-state index in [1.54, 1.807) is 14.2 Å². The monoisotopic (exact) mass is 373 g/mol. The molecule has 3 rings (SSSR count). The number of rotatable bonds is 7. The number of aliphatic hydroxyl groups is 2. The number of hydrogen-bond acceptors (Lipinski definition) is 5. The van der Waals surface area contributed by atoms with Crippen molar-refractivity contribution in [1.29, 1.82) is 0 Å². The zero-order valence-corrected chi connectivity index (χ0v) is 16.6. The molecule has 27 heavy (non-hydrogen) atoms. The van der Waals surface area contributed by atoms with E-state index in [-0.39, 0.29) is 12.0 Å². The molecule has 1 saturated heterocycles. The lowest BCUT2D eigenvalue weighted by atomic mass is 9.73. The quantitative estimate of drug-likeness (QED) is 0.780. The lowest BCUT2D eigenvalue weighted by Crippen LogP contribution is -2.52. The van der Waals surface area contributed by atoms with Crippen LogP contribution >= 0.6 is 0 Å². The number of ether oxygens (including phenoxy) is 2. The molecule has 2 atom stereocenters. The normalized spacial score (nSPS) is 23.5. The zero-order valence-electron chi connectivity index (χ0n) is 16.6. The van der Waals surface area contributed by atoms with Gasteiger partial charge in [-0.1, -0.05) is 25.5 Å². The van der Waals surface area contributed by atoms with Gasteiger partial charge >= 0.3 is 0 Å². The Morgan fingerprint density at radius 3 is 2.59 bits per heavy atom. The SMILES string of the molecule is CCC[C@]1(CO)CCN(Cc2c(OC)ccc3ccc(OC)cc23)C[C@H]1O. The lowest BCUT2D eigenvalue weighted by molar-refractivity contribution is -0.0802. The Labute approximate surface area is 161 Å². The van der Waals surface area contributed by atoms with E-state index in [9.17, 15) is 10.2 Å². The highest BCUT2D eigenvalue weighted by atomic mass is 16.5. The fraction of sp³-hybridized carbons (Fsp3) is 0.545. The predicted molar refractivity (Wildman–Crippen MR) is 107 cm³/mol. The summed E-state index contributed by atoms with van der Waals surface area (Å²) >= 11 is 0. The van der Waals surface area contributed by atoms with Gasteiger partial charge in [0.05, 0.1) is 26.9 Å². The van der Waals surface area contributed by atoms with Gasteiger partial charge in [0.1, 0.15) is 11.5 Å². The van der Waals surface area contributed by atoms with Crippen molar-refractivity contribution in [1.82, 2.24) is 4.90 Å². The minimum absolute atomic E-state index is 0.0463. The van der Waals surface area contributed by atoms with Gasteiger partial charge in [0, 0.05) is 24.1 Å². The van der Waals surface area contributed by atoms with Crippen LogP contribution in [0, 0.1) is 5.41 Å². The first kappa shape index (κ1) is 19.9. The maximum absolute atomic E-state index is 10.8. The number of benzene rings is 2. The fourth-order valence-electron chi connectivity index (χ4n) is 4.32. The van der Waals surface area contributed by atoms with E-state index in [0.717, 1.165) is 53.6 Å². The first-order valence-electron chi connectivity index (χ1n) is 9.71. The molecule has 5 nitrogen and oxygen atoms in total. The van der Waals surface area contributed by atoms with Crippen molar-refractivity contribution in [2.75, 3.05) is 33.9 Å². The zero-order chi connectivity index (χ0) is 19.4. The molecule has 0 amide bonds. The second-order valence-corrected chi connectivity index (χ2v) is 7.60. The number of β-amino-alcohol motifs (C(OH)–C–C–N with tert-alkyl or cyclic N) is 1. The third kappa shape index (κ3) is 3.91. The van der Waals surface area contributed by atoms with Gasteiger partial charge in [0.25, 0.3) is 0 Å². The van der Waals surface area contributed by atoms with Gasteiger partial charge in [-0.2, -0.15) is 0 Å². The summed E-state index contributed by atoms with van der Waals surface area (Å²) in [6, 6.07) is 10.1. The van der Waals surface area contributed by atoms with E-state index in [1.807, 2.05) is 18.2 Å². The summed E-state index contributed by atoms with van der Waals surface area (Å²) in [6.45, 7) is 4.25. The van der Waals surface area contributed by atoms with Crippen LogP contribution in [0.3, 0.4) is 0 Å². The van der Waals surface area contributed by atoms with E-state index in [0.29, 0.717) is 13.1 Å². The van der Waals surface area contributed by atoms with Crippen LogP contribution in [0.15, 0.2) is 30.3 Å². The molecule has 0 aromatic heterocycles. The number of nitrogens with zero attached hydrogens (tertiary/aromatic N) is 1. The summed E-state index contributed by atoms with van der Waals surface area (Å²) in [4.78, 5) is 2.25. The van der Waals surface area contributed by atoms with Crippen molar-refractivity contribution in [3.63, 3.8) is 0 Å². The Morgan fingerprint density at radius 1 is 1.19 bits per heavy atom. The van der Waals surface area contributed by atoms with Gasteiger partial charge < -0.3 is 19.7 Å². The minimum Gasteiger partial charge on any atom is -0.497 e. The average molecular weight is 373 g/mol. The van der Waals surface area contributed by atoms with E-state index in [2.05, 4.69) is 24.0 Å². The molecule has 1 fully saturated rings. The molecule has 0 bridgehead atoms. The van der Waals surface area contributed by atoms with Crippen LogP contribution in [0.2, 0.25) is 0 Å². The summed E-state index contributed by atoms with van der Waals surface area (Å²) in [7, 11) is 3.36. The molecule has 5 heteroatoms. The summed E-state index contributed by atoms with van der Waals surface area (Å²) in [6.07, 6.45) is 2.10. The standard InChI is InChI=1S/C22H31NO4/c1-4-9-22(15-24)10-11-23(14-21(22)25)13-19-18-12-17(26-2)7-5-16(18)6-8-20(19)27-3/h5-8,12,21,24-25H,4,9-11,13-15H2,1-3H3/t21-,22-/m1/s1. The van der Waals surface area contributed by atoms with E-state index >= 15 is 0 Å². The van der Waals surface area contributed by atoms with Gasteiger partial charge in [-0.25, -0.2) is 0 Å². The largest absolute Gasteiger partial charge is 0.497 e.